The summed E-state index contributed by atoms with van der Waals surface area (Å²) in [5.41, 5.74) is 0. The smallest absolute Gasteiger partial charge is 1.00 e. The number of carboxylic acid groups (broad SMARTS) is 1. The van der Waals surface area contributed by atoms with Crippen LogP contribution in [0, 0.1) is 0 Å². The number of hydrogen-bond donors (Lipinski definition) is 0. The fraction of sp³-hybridized carbons (Fsp3) is 0.917. The van der Waals surface area contributed by atoms with Gasteiger partial charge in [0, 0.05) is 11.3 Å². The molecule has 0 aromatic rings. The van der Waals surface area contributed by atoms with E-state index in [1.165, 1.54) is 44.9 Å². The van der Waals surface area contributed by atoms with Crippen molar-refractivity contribution < 1.29 is 26.9 Å². The molecule has 0 fully saturated rings. The minimum atomic E-state index is -0.912. The topological polar surface area (TPSA) is 40.1 Å². The molecule has 0 N–H and O–H groups in total. The Morgan fingerprint density at radius 2 is 1.18 bits per heavy atom. The molecule has 0 amide bonds. The van der Waals surface area contributed by atoms with Crippen molar-refractivity contribution in [2.45, 2.75) is 64.2 Å². The van der Waals surface area contributed by atoms with Crippen molar-refractivity contribution in [3.8, 4) is 0 Å². The average molecular weight is 382 g/mol. The van der Waals surface area contributed by atoms with Gasteiger partial charge in [0.2, 0.25) is 0 Å². The number of aliphatic carboxylic acids is 1. The Morgan fingerprint density at radius 1 is 0.824 bits per heavy atom. The largest absolute Gasteiger partial charge is 2.00 e. The summed E-state index contributed by atoms with van der Waals surface area (Å²) in [6, 6.07) is 0. The van der Waals surface area contributed by atoms with Gasteiger partial charge >= 0.3 is 23.1 Å². The van der Waals surface area contributed by atoms with Crippen LogP contribution in [-0.2, 0) is 4.79 Å². The number of carbonyl (C=O) groups is 1. The zero-order valence-corrected chi connectivity index (χ0v) is 15.1. The Bertz CT molecular complexity index is 157. The molecule has 0 aromatic carbocycles. The molecule has 0 aliphatic rings. The Kier molecular flexibility index (Phi) is 26.8. The summed E-state index contributed by atoms with van der Waals surface area (Å²) in [5.74, 6) is -0.912. The number of carbonyl (C=O) groups excluding carboxylic acids is 1. The summed E-state index contributed by atoms with van der Waals surface area (Å²) in [4.78, 5) is 10.1. The molecular weight excluding hydrogens is 360 g/mol. The Labute approximate surface area is 140 Å². The summed E-state index contributed by atoms with van der Waals surface area (Å²) < 4.78 is 0. The van der Waals surface area contributed by atoms with Crippen LogP contribution in [0.3, 0.4) is 0 Å². The molecule has 0 aromatic heterocycles. The van der Waals surface area contributed by atoms with Crippen molar-refractivity contribution in [3.05, 3.63) is 0 Å². The number of hydrogen-bond acceptors (Lipinski definition) is 2. The SMILES string of the molecule is O=C([O-])CCCCCCCCCCCBr.[Br-].[Mg+2]. The van der Waals surface area contributed by atoms with Gasteiger partial charge in [-0.2, -0.15) is 0 Å². The van der Waals surface area contributed by atoms with Gasteiger partial charge in [-0.05, 0) is 19.3 Å². The Hall–Kier alpha value is 1.20. The van der Waals surface area contributed by atoms with Crippen molar-refractivity contribution in [1.82, 2.24) is 0 Å². The summed E-state index contributed by atoms with van der Waals surface area (Å²) in [6.07, 6.45) is 11.0. The van der Waals surface area contributed by atoms with Gasteiger partial charge in [0.25, 0.3) is 0 Å². The first-order valence-corrected chi connectivity index (χ1v) is 7.15. The maximum Gasteiger partial charge on any atom is 2.00 e. The number of rotatable bonds is 11. The summed E-state index contributed by atoms with van der Waals surface area (Å²) in [6.45, 7) is 0. The normalized spacial score (nSPS) is 9.24. The molecule has 0 heterocycles. The second-order valence-electron chi connectivity index (χ2n) is 3.99. The molecule has 0 aliphatic carbocycles. The predicted molar refractivity (Wildman–Crippen MR) is 70.7 cm³/mol. The van der Waals surface area contributed by atoms with E-state index in [1.54, 1.807) is 0 Å². The molecule has 0 saturated carbocycles. The first kappa shape index (κ1) is 23.3. The van der Waals surface area contributed by atoms with Crippen molar-refractivity contribution in [2.24, 2.45) is 0 Å². The van der Waals surface area contributed by atoms with Gasteiger partial charge in [0.15, 0.2) is 0 Å². The number of halogens is 2. The van der Waals surface area contributed by atoms with Crippen molar-refractivity contribution >= 4 is 45.0 Å². The third-order valence-corrected chi connectivity index (χ3v) is 3.08. The van der Waals surface area contributed by atoms with Gasteiger partial charge < -0.3 is 26.9 Å². The number of alkyl halides is 1. The molecule has 0 spiro atoms. The number of carboxylic acids is 1. The molecule has 0 saturated heterocycles. The van der Waals surface area contributed by atoms with Crippen molar-refractivity contribution in [2.75, 3.05) is 5.33 Å². The molecule has 0 unspecified atom stereocenters. The van der Waals surface area contributed by atoms with Crippen LogP contribution in [0.15, 0.2) is 0 Å². The fourth-order valence-corrected chi connectivity index (χ4v) is 2.00. The van der Waals surface area contributed by atoms with E-state index in [1.807, 2.05) is 0 Å². The van der Waals surface area contributed by atoms with Crippen LogP contribution in [0.1, 0.15) is 64.2 Å². The van der Waals surface area contributed by atoms with E-state index in [-0.39, 0.29) is 46.5 Å². The Morgan fingerprint density at radius 3 is 1.53 bits per heavy atom. The third kappa shape index (κ3) is 22.8. The Balaban J connectivity index is -0.000000980. The van der Waals surface area contributed by atoms with Gasteiger partial charge in [-0.15, -0.1) is 0 Å². The van der Waals surface area contributed by atoms with E-state index < -0.39 is 5.97 Å². The van der Waals surface area contributed by atoms with Crippen LogP contribution in [0.2, 0.25) is 0 Å². The molecule has 5 heteroatoms. The van der Waals surface area contributed by atoms with Gasteiger partial charge in [-0.25, -0.2) is 0 Å². The summed E-state index contributed by atoms with van der Waals surface area (Å²) >= 11 is 3.42. The molecule has 0 atom stereocenters. The zero-order chi connectivity index (χ0) is 11.4. The first-order valence-electron chi connectivity index (χ1n) is 6.03. The van der Waals surface area contributed by atoms with Crippen LogP contribution < -0.4 is 22.1 Å². The van der Waals surface area contributed by atoms with E-state index in [0.29, 0.717) is 0 Å². The fourth-order valence-electron chi connectivity index (χ4n) is 1.60. The zero-order valence-electron chi connectivity index (χ0n) is 10.6. The second-order valence-corrected chi connectivity index (χ2v) is 4.79. The van der Waals surface area contributed by atoms with Crippen LogP contribution in [0.4, 0.5) is 0 Å². The second kappa shape index (κ2) is 19.5. The summed E-state index contributed by atoms with van der Waals surface area (Å²) in [7, 11) is 0. The van der Waals surface area contributed by atoms with Gasteiger partial charge in [-0.1, -0.05) is 60.9 Å². The average Bonchev–Trinajstić information content (AvgIpc) is 2.20. The van der Waals surface area contributed by atoms with E-state index in [4.69, 9.17) is 0 Å². The minimum Gasteiger partial charge on any atom is -1.00 e. The maximum absolute atomic E-state index is 10.1. The molecule has 2 nitrogen and oxygen atoms in total. The van der Waals surface area contributed by atoms with Crippen LogP contribution >= 0.6 is 15.9 Å². The van der Waals surface area contributed by atoms with Crippen molar-refractivity contribution in [1.29, 1.82) is 0 Å². The number of unbranched alkanes of at least 4 members (excludes halogenated alkanes) is 8. The van der Waals surface area contributed by atoms with Crippen LogP contribution in [0.25, 0.3) is 0 Å². The van der Waals surface area contributed by atoms with Gasteiger partial charge in [-0.3, -0.25) is 0 Å². The predicted octanol–water partition coefficient (Wildman–Crippen LogP) is -0.345. The maximum atomic E-state index is 10.1. The van der Waals surface area contributed by atoms with Crippen LogP contribution in [0.5, 0.6) is 0 Å². The van der Waals surface area contributed by atoms with E-state index in [0.717, 1.165) is 18.2 Å². The molecule has 17 heavy (non-hydrogen) atoms. The van der Waals surface area contributed by atoms with Gasteiger partial charge in [0.05, 0.1) is 0 Å². The molecular formula is C12H22Br2MgO2. The molecule has 0 aliphatic heterocycles. The monoisotopic (exact) mass is 380 g/mol. The molecule has 0 rings (SSSR count). The van der Waals surface area contributed by atoms with Gasteiger partial charge in [0.1, 0.15) is 0 Å². The third-order valence-electron chi connectivity index (χ3n) is 2.51. The minimum absolute atomic E-state index is 0. The standard InChI is InChI=1S/C12H23BrO2.BrH.Mg/c13-11-9-7-5-3-1-2-4-6-8-10-12(14)15;;/h1-11H2,(H,14,15);1H;/q;;+2/p-2. The van der Waals surface area contributed by atoms with E-state index in [9.17, 15) is 9.90 Å². The molecule has 98 valence electrons. The van der Waals surface area contributed by atoms with E-state index >= 15 is 0 Å². The van der Waals surface area contributed by atoms with Crippen LogP contribution in [-0.4, -0.2) is 34.4 Å². The molecule has 0 bridgehead atoms. The summed E-state index contributed by atoms with van der Waals surface area (Å²) in [5, 5.41) is 11.2. The van der Waals surface area contributed by atoms with E-state index in [2.05, 4.69) is 15.9 Å². The first-order chi connectivity index (χ1) is 7.27. The molecule has 0 radical (unpaired) electrons. The van der Waals surface area contributed by atoms with Crippen molar-refractivity contribution in [3.63, 3.8) is 0 Å². The quantitative estimate of drug-likeness (QED) is 0.279.